The molecule has 0 spiro atoms. The second kappa shape index (κ2) is 4.92. The van der Waals surface area contributed by atoms with Crippen LogP contribution in [0, 0.1) is 0 Å². The number of hydrogen-bond acceptors (Lipinski definition) is 2. The Morgan fingerprint density at radius 3 is 2.25 bits per heavy atom. The quantitative estimate of drug-likeness (QED) is 0.721. The molecule has 1 aliphatic rings. The molecule has 1 aliphatic heterocycles. The summed E-state index contributed by atoms with van der Waals surface area (Å²) < 4.78 is 0. The maximum atomic E-state index is 11.3. The minimum Gasteiger partial charge on any atom is -0.283 e. The van der Waals surface area contributed by atoms with E-state index in [-0.39, 0.29) is 11.8 Å². The van der Waals surface area contributed by atoms with E-state index in [1.54, 1.807) is 0 Å². The van der Waals surface area contributed by atoms with Crippen LogP contribution in [0.25, 0.3) is 0 Å². The summed E-state index contributed by atoms with van der Waals surface area (Å²) in [5.74, 6) is -0.0314. The number of imide groups is 1. The van der Waals surface area contributed by atoms with Crippen LogP contribution in [0.15, 0.2) is 30.3 Å². The van der Waals surface area contributed by atoms with Gasteiger partial charge in [-0.15, -0.1) is 0 Å². The largest absolute Gasteiger partial charge is 0.283 e. The summed E-state index contributed by atoms with van der Waals surface area (Å²) in [6.45, 7) is 0.562. The lowest BCUT2D eigenvalue weighted by molar-refractivity contribution is -0.138. The third-order valence-electron chi connectivity index (χ3n) is 2.84. The van der Waals surface area contributed by atoms with Crippen LogP contribution >= 0.6 is 0 Å². The van der Waals surface area contributed by atoms with E-state index in [0.29, 0.717) is 19.4 Å². The van der Waals surface area contributed by atoms with Gasteiger partial charge >= 0.3 is 0 Å². The molecule has 0 saturated carbocycles. The fraction of sp³-hybridized carbons (Fsp3) is 0.385. The van der Waals surface area contributed by atoms with Gasteiger partial charge in [-0.05, 0) is 18.4 Å². The predicted octanol–water partition coefficient (Wildman–Crippen LogP) is 1.77. The first-order valence-electron chi connectivity index (χ1n) is 5.64. The van der Waals surface area contributed by atoms with Crippen molar-refractivity contribution in [1.82, 2.24) is 4.90 Å². The molecule has 3 heteroatoms. The number of likely N-dealkylation sites (tertiary alicyclic amines) is 1. The van der Waals surface area contributed by atoms with Gasteiger partial charge in [0.15, 0.2) is 0 Å². The standard InChI is InChI=1S/C13H15NO2/c15-12-8-9-13(16)14(12)10-4-7-11-5-2-1-3-6-11/h1-3,5-6H,4,7-10H2. The lowest BCUT2D eigenvalue weighted by atomic mass is 10.1. The Balaban J connectivity index is 1.80. The van der Waals surface area contributed by atoms with Crippen LogP contribution in [0.5, 0.6) is 0 Å². The molecule has 0 bridgehead atoms. The lowest BCUT2D eigenvalue weighted by Crippen LogP contribution is -2.30. The van der Waals surface area contributed by atoms with Gasteiger partial charge in [0.25, 0.3) is 0 Å². The molecule has 2 amide bonds. The van der Waals surface area contributed by atoms with Crippen molar-refractivity contribution in [3.05, 3.63) is 35.9 Å². The second-order valence-electron chi connectivity index (χ2n) is 4.03. The number of hydrogen-bond donors (Lipinski definition) is 0. The Bertz CT molecular complexity index is 370. The topological polar surface area (TPSA) is 37.4 Å². The SMILES string of the molecule is O=C1CCC(=O)N1CCCc1ccccc1. The van der Waals surface area contributed by atoms with Crippen LogP contribution in [0.3, 0.4) is 0 Å². The number of rotatable bonds is 4. The Hall–Kier alpha value is -1.64. The van der Waals surface area contributed by atoms with E-state index in [1.807, 2.05) is 18.2 Å². The van der Waals surface area contributed by atoms with E-state index >= 15 is 0 Å². The molecule has 1 aromatic rings. The summed E-state index contributed by atoms with van der Waals surface area (Å²) >= 11 is 0. The molecule has 3 nitrogen and oxygen atoms in total. The van der Waals surface area contributed by atoms with E-state index in [2.05, 4.69) is 12.1 Å². The van der Waals surface area contributed by atoms with Crippen LogP contribution in [-0.2, 0) is 16.0 Å². The van der Waals surface area contributed by atoms with Crippen molar-refractivity contribution in [2.45, 2.75) is 25.7 Å². The molecular formula is C13H15NO2. The molecule has 0 unspecified atom stereocenters. The normalized spacial score (nSPS) is 15.9. The summed E-state index contributed by atoms with van der Waals surface area (Å²) in [7, 11) is 0. The summed E-state index contributed by atoms with van der Waals surface area (Å²) in [5, 5.41) is 0. The minimum atomic E-state index is -0.0157. The summed E-state index contributed by atoms with van der Waals surface area (Å²) in [6.07, 6.45) is 2.55. The van der Waals surface area contributed by atoms with Crippen molar-refractivity contribution in [3.63, 3.8) is 0 Å². The average molecular weight is 217 g/mol. The second-order valence-corrected chi connectivity index (χ2v) is 4.03. The van der Waals surface area contributed by atoms with E-state index in [1.165, 1.54) is 10.5 Å². The Kier molecular flexibility index (Phi) is 3.34. The van der Waals surface area contributed by atoms with Crippen LogP contribution in [0.1, 0.15) is 24.8 Å². The lowest BCUT2D eigenvalue weighted by Gasteiger charge is -2.13. The fourth-order valence-electron chi connectivity index (χ4n) is 1.96. The fourth-order valence-corrected chi connectivity index (χ4v) is 1.96. The third-order valence-corrected chi connectivity index (χ3v) is 2.84. The summed E-state index contributed by atoms with van der Waals surface area (Å²) in [5.41, 5.74) is 1.25. The maximum Gasteiger partial charge on any atom is 0.229 e. The van der Waals surface area contributed by atoms with E-state index in [0.717, 1.165) is 12.8 Å². The van der Waals surface area contributed by atoms with Gasteiger partial charge in [-0.2, -0.15) is 0 Å². The molecule has 0 aliphatic carbocycles. The van der Waals surface area contributed by atoms with Gasteiger partial charge in [0.1, 0.15) is 0 Å². The number of carbonyl (C=O) groups is 2. The molecule has 1 fully saturated rings. The first kappa shape index (κ1) is 10.9. The number of carbonyl (C=O) groups excluding carboxylic acids is 2. The highest BCUT2D eigenvalue weighted by atomic mass is 16.2. The number of amides is 2. The molecule has 1 saturated heterocycles. The van der Waals surface area contributed by atoms with Crippen molar-refractivity contribution in [2.75, 3.05) is 6.54 Å². The van der Waals surface area contributed by atoms with Gasteiger partial charge in [0.2, 0.25) is 11.8 Å². The smallest absolute Gasteiger partial charge is 0.229 e. The number of benzene rings is 1. The molecule has 84 valence electrons. The number of aryl methyl sites for hydroxylation is 1. The monoisotopic (exact) mass is 217 g/mol. The Morgan fingerprint density at radius 2 is 1.62 bits per heavy atom. The molecule has 16 heavy (non-hydrogen) atoms. The molecule has 1 aromatic carbocycles. The minimum absolute atomic E-state index is 0.0157. The molecule has 2 rings (SSSR count). The average Bonchev–Trinajstić information content (AvgIpc) is 2.62. The molecule has 0 radical (unpaired) electrons. The van der Waals surface area contributed by atoms with E-state index in [4.69, 9.17) is 0 Å². The van der Waals surface area contributed by atoms with Gasteiger partial charge in [-0.3, -0.25) is 14.5 Å². The Labute approximate surface area is 95.1 Å². The first-order valence-corrected chi connectivity index (χ1v) is 5.64. The zero-order valence-corrected chi connectivity index (χ0v) is 9.19. The van der Waals surface area contributed by atoms with Crippen molar-refractivity contribution < 1.29 is 9.59 Å². The zero-order valence-electron chi connectivity index (χ0n) is 9.19. The third kappa shape index (κ3) is 2.48. The highest BCUT2D eigenvalue weighted by molar-refractivity contribution is 6.01. The van der Waals surface area contributed by atoms with Crippen molar-refractivity contribution in [2.24, 2.45) is 0 Å². The highest BCUT2D eigenvalue weighted by Crippen LogP contribution is 2.13. The highest BCUT2D eigenvalue weighted by Gasteiger charge is 2.27. The van der Waals surface area contributed by atoms with Crippen molar-refractivity contribution >= 4 is 11.8 Å². The van der Waals surface area contributed by atoms with Crippen LogP contribution < -0.4 is 0 Å². The van der Waals surface area contributed by atoms with Gasteiger partial charge in [0.05, 0.1) is 0 Å². The number of nitrogens with zero attached hydrogens (tertiary/aromatic N) is 1. The van der Waals surface area contributed by atoms with E-state index in [9.17, 15) is 9.59 Å². The summed E-state index contributed by atoms with van der Waals surface area (Å²) in [4.78, 5) is 24.1. The molecule has 0 atom stereocenters. The Morgan fingerprint density at radius 1 is 1.00 bits per heavy atom. The van der Waals surface area contributed by atoms with Crippen LogP contribution in [0.2, 0.25) is 0 Å². The summed E-state index contributed by atoms with van der Waals surface area (Å²) in [6, 6.07) is 10.1. The molecular weight excluding hydrogens is 202 g/mol. The zero-order chi connectivity index (χ0) is 11.4. The van der Waals surface area contributed by atoms with Gasteiger partial charge in [-0.25, -0.2) is 0 Å². The van der Waals surface area contributed by atoms with Crippen molar-refractivity contribution in [1.29, 1.82) is 0 Å². The van der Waals surface area contributed by atoms with Crippen LogP contribution in [-0.4, -0.2) is 23.3 Å². The van der Waals surface area contributed by atoms with Gasteiger partial charge < -0.3 is 0 Å². The molecule has 0 aromatic heterocycles. The van der Waals surface area contributed by atoms with Gasteiger partial charge in [-0.1, -0.05) is 30.3 Å². The van der Waals surface area contributed by atoms with Gasteiger partial charge in [0, 0.05) is 19.4 Å². The molecule has 1 heterocycles. The first-order chi connectivity index (χ1) is 7.77. The van der Waals surface area contributed by atoms with E-state index < -0.39 is 0 Å². The van der Waals surface area contributed by atoms with Crippen LogP contribution in [0.4, 0.5) is 0 Å². The molecule has 0 N–H and O–H groups in total. The predicted molar refractivity (Wildman–Crippen MR) is 60.7 cm³/mol. The van der Waals surface area contributed by atoms with Crippen molar-refractivity contribution in [3.8, 4) is 0 Å². The maximum absolute atomic E-state index is 11.3.